The Morgan fingerprint density at radius 1 is 1.53 bits per heavy atom. The molecule has 19 heavy (non-hydrogen) atoms. The van der Waals surface area contributed by atoms with Gasteiger partial charge in [-0.25, -0.2) is 0 Å². The molecule has 1 amide bonds. The van der Waals surface area contributed by atoms with E-state index in [9.17, 15) is 4.79 Å². The zero-order valence-corrected chi connectivity index (χ0v) is 12.9. The van der Waals surface area contributed by atoms with E-state index in [0.717, 1.165) is 24.5 Å². The Balaban J connectivity index is 1.86. The summed E-state index contributed by atoms with van der Waals surface area (Å²) < 4.78 is 0. The summed E-state index contributed by atoms with van der Waals surface area (Å²) in [6, 6.07) is 5.27. The predicted molar refractivity (Wildman–Crippen MR) is 81.2 cm³/mol. The molecule has 1 aromatic rings. The van der Waals surface area contributed by atoms with E-state index in [2.05, 4.69) is 10.6 Å². The van der Waals surface area contributed by atoms with Gasteiger partial charge in [0.15, 0.2) is 0 Å². The second kappa shape index (κ2) is 6.84. The highest BCUT2D eigenvalue weighted by atomic mass is 35.5. The van der Waals surface area contributed by atoms with E-state index in [1.54, 1.807) is 18.2 Å². The maximum atomic E-state index is 12.0. The summed E-state index contributed by atoms with van der Waals surface area (Å²) in [6.45, 7) is 4.58. The number of halogens is 2. The van der Waals surface area contributed by atoms with Gasteiger partial charge in [-0.2, -0.15) is 0 Å². The molecule has 104 valence electrons. The summed E-state index contributed by atoms with van der Waals surface area (Å²) in [4.78, 5) is 12.8. The van der Waals surface area contributed by atoms with Crippen LogP contribution in [0.25, 0.3) is 0 Å². The molecule has 1 unspecified atom stereocenters. The molecule has 0 saturated carbocycles. The SMILES string of the molecule is CC(Sc1cc(Cl)ccc1Cl)C(=O)NCC1CNC1. The van der Waals surface area contributed by atoms with Crippen LogP contribution >= 0.6 is 35.0 Å². The fourth-order valence-corrected chi connectivity index (χ4v) is 3.13. The van der Waals surface area contributed by atoms with Crippen molar-refractivity contribution >= 4 is 40.9 Å². The zero-order chi connectivity index (χ0) is 13.8. The van der Waals surface area contributed by atoms with Crippen molar-refractivity contribution in [2.45, 2.75) is 17.1 Å². The molecule has 1 saturated heterocycles. The third kappa shape index (κ3) is 4.28. The molecule has 1 atom stereocenters. The topological polar surface area (TPSA) is 41.1 Å². The Morgan fingerprint density at radius 2 is 2.26 bits per heavy atom. The van der Waals surface area contributed by atoms with Gasteiger partial charge in [0.05, 0.1) is 10.3 Å². The van der Waals surface area contributed by atoms with Crippen LogP contribution in [0.3, 0.4) is 0 Å². The predicted octanol–water partition coefficient (Wildman–Crippen LogP) is 2.81. The summed E-state index contributed by atoms with van der Waals surface area (Å²) in [6.07, 6.45) is 0. The van der Waals surface area contributed by atoms with Gasteiger partial charge in [0.2, 0.25) is 5.91 Å². The van der Waals surface area contributed by atoms with Gasteiger partial charge in [-0.05, 0) is 25.1 Å². The van der Waals surface area contributed by atoms with Crippen LogP contribution < -0.4 is 10.6 Å². The third-order valence-electron chi connectivity index (χ3n) is 3.00. The van der Waals surface area contributed by atoms with Crippen LogP contribution in [0, 0.1) is 5.92 Å². The first-order chi connectivity index (χ1) is 9.06. The Morgan fingerprint density at radius 3 is 2.89 bits per heavy atom. The first-order valence-corrected chi connectivity index (χ1v) is 7.80. The van der Waals surface area contributed by atoms with Crippen molar-refractivity contribution in [3.8, 4) is 0 Å². The first kappa shape index (κ1) is 15.0. The van der Waals surface area contributed by atoms with Gasteiger partial charge >= 0.3 is 0 Å². The quantitative estimate of drug-likeness (QED) is 0.820. The lowest BCUT2D eigenvalue weighted by atomic mass is 10.0. The van der Waals surface area contributed by atoms with Gasteiger partial charge in [-0.15, -0.1) is 11.8 Å². The number of hydrogen-bond acceptors (Lipinski definition) is 3. The van der Waals surface area contributed by atoms with Gasteiger partial charge in [0.1, 0.15) is 0 Å². The Kier molecular flexibility index (Phi) is 5.39. The Labute approximate surface area is 127 Å². The molecule has 1 aliphatic heterocycles. The highest BCUT2D eigenvalue weighted by Crippen LogP contribution is 2.32. The molecule has 0 bridgehead atoms. The third-order valence-corrected chi connectivity index (χ3v) is 4.83. The standard InChI is InChI=1S/C13H16Cl2N2OS/c1-8(13(18)17-7-9-5-16-6-9)19-12-4-10(14)2-3-11(12)15/h2-4,8-9,16H,5-7H2,1H3,(H,17,18). The molecule has 1 aliphatic rings. The zero-order valence-electron chi connectivity index (χ0n) is 10.6. The Bertz CT molecular complexity index is 466. The minimum Gasteiger partial charge on any atom is -0.355 e. The van der Waals surface area contributed by atoms with Crippen LogP contribution in [0.2, 0.25) is 10.0 Å². The van der Waals surface area contributed by atoms with Crippen molar-refractivity contribution in [2.75, 3.05) is 19.6 Å². The summed E-state index contributed by atoms with van der Waals surface area (Å²) in [5.41, 5.74) is 0. The minimum atomic E-state index is -0.191. The highest BCUT2D eigenvalue weighted by molar-refractivity contribution is 8.00. The van der Waals surface area contributed by atoms with E-state index in [0.29, 0.717) is 16.0 Å². The average Bonchev–Trinajstić information content (AvgIpc) is 2.31. The lowest BCUT2D eigenvalue weighted by Crippen LogP contribution is -2.49. The van der Waals surface area contributed by atoms with E-state index in [4.69, 9.17) is 23.2 Å². The molecule has 2 N–H and O–H groups in total. The van der Waals surface area contributed by atoms with Crippen LogP contribution in [-0.4, -0.2) is 30.8 Å². The number of carbonyl (C=O) groups is 1. The number of rotatable bonds is 5. The summed E-state index contributed by atoms with van der Waals surface area (Å²) in [5.74, 6) is 0.601. The van der Waals surface area contributed by atoms with Crippen LogP contribution in [0.1, 0.15) is 6.92 Å². The minimum absolute atomic E-state index is 0.0351. The van der Waals surface area contributed by atoms with E-state index < -0.39 is 0 Å². The largest absolute Gasteiger partial charge is 0.355 e. The molecule has 0 radical (unpaired) electrons. The number of nitrogens with one attached hydrogen (secondary N) is 2. The second-order valence-corrected chi connectivity index (χ2v) is 6.83. The average molecular weight is 319 g/mol. The molecular formula is C13H16Cl2N2OS. The molecule has 0 spiro atoms. The number of benzene rings is 1. The molecular weight excluding hydrogens is 303 g/mol. The van der Waals surface area contributed by atoms with Crippen LogP contribution in [0.15, 0.2) is 23.1 Å². The normalized spacial score (nSPS) is 16.8. The van der Waals surface area contributed by atoms with Gasteiger partial charge in [-0.3, -0.25) is 4.79 Å². The van der Waals surface area contributed by atoms with Crippen LogP contribution in [-0.2, 0) is 4.79 Å². The maximum absolute atomic E-state index is 12.0. The molecule has 1 heterocycles. The van der Waals surface area contributed by atoms with E-state index >= 15 is 0 Å². The summed E-state index contributed by atoms with van der Waals surface area (Å²) in [7, 11) is 0. The van der Waals surface area contributed by atoms with Crippen LogP contribution in [0.4, 0.5) is 0 Å². The highest BCUT2D eigenvalue weighted by Gasteiger charge is 2.20. The monoisotopic (exact) mass is 318 g/mol. The molecule has 0 aliphatic carbocycles. The molecule has 6 heteroatoms. The fraction of sp³-hybridized carbons (Fsp3) is 0.462. The van der Waals surface area contributed by atoms with Gasteiger partial charge < -0.3 is 10.6 Å². The second-order valence-electron chi connectivity index (χ2n) is 4.60. The molecule has 3 nitrogen and oxygen atoms in total. The number of carbonyl (C=O) groups excluding carboxylic acids is 1. The van der Waals surface area contributed by atoms with Gasteiger partial charge in [-0.1, -0.05) is 23.2 Å². The van der Waals surface area contributed by atoms with Crippen molar-refractivity contribution in [3.63, 3.8) is 0 Å². The van der Waals surface area contributed by atoms with Gasteiger partial charge in [0, 0.05) is 35.5 Å². The smallest absolute Gasteiger partial charge is 0.233 e. The van der Waals surface area contributed by atoms with Gasteiger partial charge in [0.25, 0.3) is 0 Å². The molecule has 2 rings (SSSR count). The molecule has 0 aromatic heterocycles. The van der Waals surface area contributed by atoms with E-state index in [1.165, 1.54) is 11.8 Å². The maximum Gasteiger partial charge on any atom is 0.233 e. The van der Waals surface area contributed by atoms with Crippen molar-refractivity contribution < 1.29 is 4.79 Å². The number of thioether (sulfide) groups is 1. The van der Waals surface area contributed by atoms with Crippen molar-refractivity contribution in [1.82, 2.24) is 10.6 Å². The first-order valence-electron chi connectivity index (χ1n) is 6.16. The van der Waals surface area contributed by atoms with Crippen molar-refractivity contribution in [2.24, 2.45) is 5.92 Å². The summed E-state index contributed by atoms with van der Waals surface area (Å²) >= 11 is 13.4. The van der Waals surface area contributed by atoms with Crippen molar-refractivity contribution in [3.05, 3.63) is 28.2 Å². The van der Waals surface area contributed by atoms with E-state index in [-0.39, 0.29) is 11.2 Å². The Hall–Kier alpha value is -0.420. The fourth-order valence-electron chi connectivity index (χ4n) is 1.69. The summed E-state index contributed by atoms with van der Waals surface area (Å²) in [5, 5.41) is 7.20. The number of amides is 1. The van der Waals surface area contributed by atoms with Crippen molar-refractivity contribution in [1.29, 1.82) is 0 Å². The molecule has 1 aromatic carbocycles. The number of hydrogen-bond donors (Lipinski definition) is 2. The van der Waals surface area contributed by atoms with Crippen LogP contribution in [0.5, 0.6) is 0 Å². The van der Waals surface area contributed by atoms with E-state index in [1.807, 2.05) is 6.92 Å². The lowest BCUT2D eigenvalue weighted by Gasteiger charge is -2.27. The lowest BCUT2D eigenvalue weighted by molar-refractivity contribution is -0.120. The molecule has 1 fully saturated rings.